The second-order valence-electron chi connectivity index (χ2n) is 10.7. The predicted molar refractivity (Wildman–Crippen MR) is 162 cm³/mol. The summed E-state index contributed by atoms with van der Waals surface area (Å²) < 4.78 is 6.79. The lowest BCUT2D eigenvalue weighted by Gasteiger charge is -2.25. The molecule has 4 heterocycles. The third kappa shape index (κ3) is 7.86. The molecule has 1 aliphatic heterocycles. The number of thiazole rings is 1. The fraction of sp³-hybridized carbons (Fsp3) is 0.333. The van der Waals surface area contributed by atoms with Gasteiger partial charge >= 0.3 is 5.69 Å². The molecule has 1 aliphatic rings. The highest BCUT2D eigenvalue weighted by atomic mass is 32.1. The molecule has 4 aromatic rings. The van der Waals surface area contributed by atoms with Crippen LogP contribution >= 0.6 is 11.3 Å². The summed E-state index contributed by atoms with van der Waals surface area (Å²) in [5.74, 6) is -2.00. The molecule has 15 heteroatoms. The molecule has 0 fully saturated rings. The zero-order chi connectivity index (χ0) is 31.9. The Hall–Kier alpha value is -5.18. The summed E-state index contributed by atoms with van der Waals surface area (Å²) in [4.78, 5) is 78.8. The number of carbonyl (C=O) groups is 4. The maximum absolute atomic E-state index is 13.4. The van der Waals surface area contributed by atoms with Crippen LogP contribution in [0.15, 0.2) is 69.6 Å². The first-order valence-corrected chi connectivity index (χ1v) is 15.2. The van der Waals surface area contributed by atoms with E-state index in [9.17, 15) is 24.0 Å². The molecule has 234 valence electrons. The first-order chi connectivity index (χ1) is 21.7. The van der Waals surface area contributed by atoms with Crippen LogP contribution in [-0.4, -0.2) is 67.7 Å². The van der Waals surface area contributed by atoms with Crippen LogP contribution in [0.5, 0.6) is 0 Å². The number of fused-ring (bicyclic) bond motifs is 4. The number of amides is 4. The standard InChI is InChI=1S/C30H32N8O6S/c1-18(2)25-29-35-22(17-45-29)27(42)33-20(13-19-7-4-3-5-8-19)28-34-21(16-44-28)26(41)31-10-12-37(14-23(39)36-25)24(40)15-38-11-6-9-32-30(38)43/h3-9,11,16-18,20,25H,10,12-15H2,1-2H3,(H,31,41)(H,33,42)(H,36,39)/t20-,25-/m0/s1. The average Bonchev–Trinajstić information content (AvgIpc) is 3.71. The Balaban J connectivity index is 1.45. The van der Waals surface area contributed by atoms with Crippen molar-refractivity contribution in [2.24, 2.45) is 5.92 Å². The topological polar surface area (TPSA) is 181 Å². The van der Waals surface area contributed by atoms with E-state index < -0.39 is 41.4 Å². The highest BCUT2D eigenvalue weighted by Crippen LogP contribution is 2.26. The van der Waals surface area contributed by atoms with Crippen LogP contribution in [0.2, 0.25) is 0 Å². The summed E-state index contributed by atoms with van der Waals surface area (Å²) in [6, 6.07) is 9.71. The van der Waals surface area contributed by atoms with Gasteiger partial charge in [0, 0.05) is 37.3 Å². The van der Waals surface area contributed by atoms with E-state index in [1.54, 1.807) is 5.38 Å². The van der Waals surface area contributed by atoms with E-state index in [0.717, 1.165) is 10.1 Å². The van der Waals surface area contributed by atoms with Gasteiger partial charge in [-0.3, -0.25) is 23.7 Å². The molecule has 3 N–H and O–H groups in total. The maximum Gasteiger partial charge on any atom is 0.347 e. The van der Waals surface area contributed by atoms with Gasteiger partial charge in [-0.1, -0.05) is 44.2 Å². The van der Waals surface area contributed by atoms with E-state index in [2.05, 4.69) is 30.9 Å². The number of nitrogens with zero attached hydrogens (tertiary/aromatic N) is 5. The highest BCUT2D eigenvalue weighted by molar-refractivity contribution is 7.09. The normalized spacial score (nSPS) is 18.0. The third-order valence-electron chi connectivity index (χ3n) is 7.09. The van der Waals surface area contributed by atoms with Gasteiger partial charge in [-0.25, -0.2) is 19.7 Å². The van der Waals surface area contributed by atoms with Gasteiger partial charge in [0.2, 0.25) is 17.7 Å². The van der Waals surface area contributed by atoms with E-state index in [4.69, 9.17) is 4.42 Å². The van der Waals surface area contributed by atoms with Crippen LogP contribution in [0.4, 0.5) is 0 Å². The van der Waals surface area contributed by atoms with Gasteiger partial charge in [0.25, 0.3) is 11.8 Å². The molecule has 0 aliphatic carbocycles. The molecule has 0 radical (unpaired) electrons. The Bertz CT molecular complexity index is 1730. The van der Waals surface area contributed by atoms with Crippen molar-refractivity contribution in [3.63, 3.8) is 0 Å². The van der Waals surface area contributed by atoms with Crippen molar-refractivity contribution in [3.8, 4) is 0 Å². The molecule has 5 rings (SSSR count). The molecule has 2 atom stereocenters. The molecular weight excluding hydrogens is 600 g/mol. The van der Waals surface area contributed by atoms with Crippen molar-refractivity contribution < 1.29 is 23.6 Å². The molecule has 45 heavy (non-hydrogen) atoms. The van der Waals surface area contributed by atoms with Crippen LogP contribution in [0.25, 0.3) is 0 Å². The molecule has 0 saturated carbocycles. The van der Waals surface area contributed by atoms with E-state index in [1.165, 1.54) is 41.0 Å². The first-order valence-electron chi connectivity index (χ1n) is 14.3. The lowest BCUT2D eigenvalue weighted by Crippen LogP contribution is -2.47. The quantitative estimate of drug-likeness (QED) is 0.294. The smallest absolute Gasteiger partial charge is 0.347 e. The number of carbonyl (C=O) groups excluding carboxylic acids is 4. The molecule has 14 nitrogen and oxygen atoms in total. The number of rotatable bonds is 5. The van der Waals surface area contributed by atoms with Gasteiger partial charge in [0.1, 0.15) is 29.6 Å². The zero-order valence-corrected chi connectivity index (χ0v) is 25.5. The Labute approximate surface area is 261 Å². The number of oxazole rings is 1. The number of hydrogen-bond acceptors (Lipinski definition) is 10. The van der Waals surface area contributed by atoms with Crippen molar-refractivity contribution in [2.45, 2.75) is 38.9 Å². The van der Waals surface area contributed by atoms with Gasteiger partial charge in [-0.05, 0) is 17.5 Å². The Morgan fingerprint density at radius 2 is 1.84 bits per heavy atom. The van der Waals surface area contributed by atoms with Crippen LogP contribution in [0, 0.1) is 5.92 Å². The Morgan fingerprint density at radius 3 is 2.60 bits per heavy atom. The predicted octanol–water partition coefficient (Wildman–Crippen LogP) is 1.49. The van der Waals surface area contributed by atoms with Crippen molar-refractivity contribution >= 4 is 35.0 Å². The van der Waals surface area contributed by atoms with E-state index in [-0.39, 0.29) is 49.4 Å². The van der Waals surface area contributed by atoms with Crippen LogP contribution in [0.3, 0.4) is 0 Å². The van der Waals surface area contributed by atoms with Crippen LogP contribution < -0.4 is 21.6 Å². The molecular formula is C30H32N8O6S. The SMILES string of the molecule is CC(C)[C@@H]1NC(=O)CN(C(=O)Cn2cccnc2=O)CCNC(=O)c2coc(n2)[C@H](Cc2ccccc2)NC(=O)c2csc1n2. The monoisotopic (exact) mass is 632 g/mol. The lowest BCUT2D eigenvalue weighted by atomic mass is 10.0. The molecule has 4 amide bonds. The van der Waals surface area contributed by atoms with Crippen molar-refractivity contribution in [1.82, 2.24) is 40.4 Å². The van der Waals surface area contributed by atoms with Crippen LogP contribution in [-0.2, 0) is 22.6 Å². The number of hydrogen-bond donors (Lipinski definition) is 3. The molecule has 4 bridgehead atoms. The van der Waals surface area contributed by atoms with Crippen molar-refractivity contribution in [3.05, 3.63) is 98.8 Å². The third-order valence-corrected chi connectivity index (χ3v) is 8.02. The second kappa shape index (κ2) is 14.1. The van der Waals surface area contributed by atoms with Crippen molar-refractivity contribution in [2.75, 3.05) is 19.6 Å². The van der Waals surface area contributed by atoms with Crippen LogP contribution in [0.1, 0.15) is 63.4 Å². The highest BCUT2D eigenvalue weighted by Gasteiger charge is 2.28. The average molecular weight is 633 g/mol. The lowest BCUT2D eigenvalue weighted by molar-refractivity contribution is -0.136. The summed E-state index contributed by atoms with van der Waals surface area (Å²) in [6.45, 7) is 3.07. The zero-order valence-electron chi connectivity index (χ0n) is 24.6. The first kappa shape index (κ1) is 31.3. The minimum absolute atomic E-state index is 0.0182. The summed E-state index contributed by atoms with van der Waals surface area (Å²) >= 11 is 1.23. The van der Waals surface area contributed by atoms with Gasteiger partial charge in [-0.15, -0.1) is 11.3 Å². The summed E-state index contributed by atoms with van der Waals surface area (Å²) in [5.41, 5.74) is 0.430. The largest absolute Gasteiger partial charge is 0.446 e. The molecule has 0 unspecified atom stereocenters. The number of aromatic nitrogens is 4. The van der Waals surface area contributed by atoms with E-state index in [1.807, 2.05) is 44.2 Å². The maximum atomic E-state index is 13.4. The molecule has 3 aromatic heterocycles. The summed E-state index contributed by atoms with van der Waals surface area (Å²) in [7, 11) is 0. The number of benzene rings is 1. The second-order valence-corrected chi connectivity index (χ2v) is 11.6. The van der Waals surface area contributed by atoms with E-state index >= 15 is 0 Å². The fourth-order valence-electron chi connectivity index (χ4n) is 4.71. The molecule has 0 spiro atoms. The fourth-order valence-corrected chi connectivity index (χ4v) is 5.74. The Kier molecular flexibility index (Phi) is 9.77. The summed E-state index contributed by atoms with van der Waals surface area (Å²) in [6.07, 6.45) is 4.28. The molecule has 1 aromatic carbocycles. The molecule has 0 saturated heterocycles. The summed E-state index contributed by atoms with van der Waals surface area (Å²) in [5, 5.41) is 10.7. The van der Waals surface area contributed by atoms with Gasteiger partial charge in [0.05, 0.1) is 12.6 Å². The van der Waals surface area contributed by atoms with Crippen molar-refractivity contribution in [1.29, 1.82) is 0 Å². The van der Waals surface area contributed by atoms with E-state index in [0.29, 0.717) is 11.4 Å². The van der Waals surface area contributed by atoms with Gasteiger partial charge in [-0.2, -0.15) is 0 Å². The minimum Gasteiger partial charge on any atom is -0.446 e. The van der Waals surface area contributed by atoms with Gasteiger partial charge in [0.15, 0.2) is 5.69 Å². The minimum atomic E-state index is -0.713. The van der Waals surface area contributed by atoms with Gasteiger partial charge < -0.3 is 25.3 Å². The Morgan fingerprint density at radius 1 is 1.04 bits per heavy atom. The number of nitrogens with one attached hydrogen (secondary N) is 3.